The summed E-state index contributed by atoms with van der Waals surface area (Å²) < 4.78 is 7.39. The summed E-state index contributed by atoms with van der Waals surface area (Å²) in [5.74, 6) is 2.95. The molecule has 3 heterocycles. The molecule has 0 unspecified atom stereocenters. The molecule has 1 atom stereocenters. The summed E-state index contributed by atoms with van der Waals surface area (Å²) in [6, 6.07) is 1.86. The van der Waals surface area contributed by atoms with Gasteiger partial charge >= 0.3 is 0 Å². The fourth-order valence-electron chi connectivity index (χ4n) is 3.14. The monoisotopic (exact) mass is 348 g/mol. The van der Waals surface area contributed by atoms with E-state index in [4.69, 9.17) is 10.5 Å². The Kier molecular flexibility index (Phi) is 5.57. The van der Waals surface area contributed by atoms with Gasteiger partial charge in [0.25, 0.3) is 0 Å². The highest BCUT2D eigenvalue weighted by Crippen LogP contribution is 2.29. The Morgan fingerprint density at radius 2 is 2.29 bits per heavy atom. The zero-order valence-corrected chi connectivity index (χ0v) is 15.0. The number of nitrogens with zero attached hydrogens (tertiary/aromatic N) is 5. The zero-order chi connectivity index (χ0) is 16.9. The molecular weight excluding hydrogens is 324 g/mol. The van der Waals surface area contributed by atoms with Gasteiger partial charge in [0, 0.05) is 51.1 Å². The fourth-order valence-corrected chi connectivity index (χ4v) is 3.52. The van der Waals surface area contributed by atoms with Gasteiger partial charge in [-0.25, -0.2) is 15.0 Å². The van der Waals surface area contributed by atoms with Crippen molar-refractivity contribution in [3.63, 3.8) is 0 Å². The second-order valence-electron chi connectivity index (χ2n) is 5.89. The molecule has 1 aliphatic rings. The Morgan fingerprint density at radius 1 is 1.42 bits per heavy atom. The Morgan fingerprint density at radius 3 is 3.08 bits per heavy atom. The first kappa shape index (κ1) is 17.0. The summed E-state index contributed by atoms with van der Waals surface area (Å²) in [5, 5.41) is 0.716. The lowest BCUT2D eigenvalue weighted by Crippen LogP contribution is -2.36. The van der Waals surface area contributed by atoms with Crippen molar-refractivity contribution in [2.75, 3.05) is 43.7 Å². The first-order valence-electron chi connectivity index (χ1n) is 8.14. The van der Waals surface area contributed by atoms with E-state index < -0.39 is 0 Å². The second kappa shape index (κ2) is 7.85. The summed E-state index contributed by atoms with van der Waals surface area (Å²) in [6.45, 7) is 3.41. The van der Waals surface area contributed by atoms with Crippen LogP contribution in [-0.2, 0) is 11.3 Å². The molecule has 0 aliphatic carbocycles. The minimum atomic E-state index is 0.388. The molecule has 24 heavy (non-hydrogen) atoms. The number of anilines is 2. The van der Waals surface area contributed by atoms with Gasteiger partial charge in [-0.3, -0.25) is 0 Å². The van der Waals surface area contributed by atoms with Gasteiger partial charge in [-0.15, -0.1) is 0 Å². The van der Waals surface area contributed by atoms with Gasteiger partial charge in [0.2, 0.25) is 0 Å². The predicted molar refractivity (Wildman–Crippen MR) is 96.5 cm³/mol. The number of rotatable bonds is 6. The van der Waals surface area contributed by atoms with Crippen molar-refractivity contribution in [1.82, 2.24) is 19.5 Å². The van der Waals surface area contributed by atoms with E-state index in [1.54, 1.807) is 7.11 Å². The standard InChI is InChI=1S/C16H24N6OS/c1-23-9-8-21-7-5-18-15(21)12-4-3-6-22(11-12)14-10-13(17)19-16(20-14)24-2/h5,7,10,12H,3-4,6,8-9,11H2,1-2H3,(H2,17,19,20)/t12-/m1/s1. The lowest BCUT2D eigenvalue weighted by molar-refractivity contribution is 0.185. The molecule has 2 aromatic rings. The van der Waals surface area contributed by atoms with Crippen LogP contribution in [0.25, 0.3) is 0 Å². The zero-order valence-electron chi connectivity index (χ0n) is 14.2. The van der Waals surface area contributed by atoms with Crippen molar-refractivity contribution < 1.29 is 4.74 Å². The molecule has 0 radical (unpaired) electrons. The molecule has 2 aromatic heterocycles. The van der Waals surface area contributed by atoms with E-state index in [0.29, 0.717) is 23.5 Å². The van der Waals surface area contributed by atoms with Crippen molar-refractivity contribution in [1.29, 1.82) is 0 Å². The van der Waals surface area contributed by atoms with E-state index in [1.165, 1.54) is 11.8 Å². The number of methoxy groups -OCH3 is 1. The van der Waals surface area contributed by atoms with Crippen LogP contribution in [0.2, 0.25) is 0 Å². The van der Waals surface area contributed by atoms with Crippen LogP contribution in [0.3, 0.4) is 0 Å². The van der Waals surface area contributed by atoms with Crippen LogP contribution in [0.5, 0.6) is 0 Å². The quantitative estimate of drug-likeness (QED) is 0.631. The molecule has 0 spiro atoms. The highest BCUT2D eigenvalue weighted by Gasteiger charge is 2.26. The first-order valence-corrected chi connectivity index (χ1v) is 9.37. The van der Waals surface area contributed by atoms with Gasteiger partial charge < -0.3 is 19.9 Å². The predicted octanol–water partition coefficient (Wildman–Crippen LogP) is 2.01. The van der Waals surface area contributed by atoms with Gasteiger partial charge in [0.05, 0.1) is 6.61 Å². The molecule has 0 saturated carbocycles. The number of hydrogen-bond donors (Lipinski definition) is 1. The van der Waals surface area contributed by atoms with Crippen LogP contribution in [0.15, 0.2) is 23.6 Å². The highest BCUT2D eigenvalue weighted by atomic mass is 32.2. The molecule has 0 amide bonds. The molecule has 2 N–H and O–H groups in total. The maximum absolute atomic E-state index is 5.93. The van der Waals surface area contributed by atoms with Crippen LogP contribution in [0, 0.1) is 0 Å². The van der Waals surface area contributed by atoms with Gasteiger partial charge in [0.15, 0.2) is 5.16 Å². The van der Waals surface area contributed by atoms with E-state index in [9.17, 15) is 0 Å². The first-order chi connectivity index (χ1) is 11.7. The minimum absolute atomic E-state index is 0.388. The third-order valence-electron chi connectivity index (χ3n) is 4.29. The van der Waals surface area contributed by atoms with Crippen LogP contribution >= 0.6 is 11.8 Å². The molecule has 130 valence electrons. The maximum Gasteiger partial charge on any atom is 0.191 e. The van der Waals surface area contributed by atoms with Gasteiger partial charge in [-0.05, 0) is 19.1 Å². The number of ether oxygens (including phenoxy) is 1. The van der Waals surface area contributed by atoms with Crippen LogP contribution in [0.4, 0.5) is 11.6 Å². The third-order valence-corrected chi connectivity index (χ3v) is 4.84. The molecule has 1 aliphatic heterocycles. The van der Waals surface area contributed by atoms with Gasteiger partial charge in [-0.1, -0.05) is 11.8 Å². The molecule has 1 fully saturated rings. The van der Waals surface area contributed by atoms with E-state index in [1.807, 2.05) is 24.7 Å². The fraction of sp³-hybridized carbons (Fsp3) is 0.562. The number of thioether (sulfide) groups is 1. The summed E-state index contributed by atoms with van der Waals surface area (Å²) in [4.78, 5) is 15.7. The molecular formula is C16H24N6OS. The molecule has 0 bridgehead atoms. The maximum atomic E-state index is 5.93. The normalized spacial score (nSPS) is 18.1. The van der Waals surface area contributed by atoms with Crippen molar-refractivity contribution in [2.24, 2.45) is 0 Å². The third kappa shape index (κ3) is 3.81. The van der Waals surface area contributed by atoms with E-state index in [0.717, 1.165) is 44.1 Å². The van der Waals surface area contributed by atoms with E-state index >= 15 is 0 Å². The number of imidazole rings is 1. The molecule has 8 heteroatoms. The van der Waals surface area contributed by atoms with Crippen LogP contribution in [0.1, 0.15) is 24.6 Å². The lowest BCUT2D eigenvalue weighted by Gasteiger charge is -2.33. The van der Waals surface area contributed by atoms with Gasteiger partial charge in [0.1, 0.15) is 17.5 Å². The summed E-state index contributed by atoms with van der Waals surface area (Å²) in [6.07, 6.45) is 8.11. The topological polar surface area (TPSA) is 82.1 Å². The highest BCUT2D eigenvalue weighted by molar-refractivity contribution is 7.98. The Bertz CT molecular complexity index is 676. The number of nitrogens with two attached hydrogens (primary N) is 1. The number of aromatic nitrogens is 4. The Labute approximate surface area is 146 Å². The van der Waals surface area contributed by atoms with Gasteiger partial charge in [-0.2, -0.15) is 0 Å². The largest absolute Gasteiger partial charge is 0.383 e. The summed E-state index contributed by atoms with van der Waals surface area (Å²) in [7, 11) is 1.72. The number of piperidine rings is 1. The van der Waals surface area contributed by atoms with E-state index in [2.05, 4.69) is 24.4 Å². The van der Waals surface area contributed by atoms with Crippen molar-refractivity contribution in [3.05, 3.63) is 24.3 Å². The van der Waals surface area contributed by atoms with Crippen LogP contribution < -0.4 is 10.6 Å². The minimum Gasteiger partial charge on any atom is -0.383 e. The lowest BCUT2D eigenvalue weighted by atomic mass is 9.97. The molecule has 3 rings (SSSR count). The van der Waals surface area contributed by atoms with Crippen molar-refractivity contribution in [2.45, 2.75) is 30.5 Å². The Balaban J connectivity index is 1.77. The van der Waals surface area contributed by atoms with Crippen LogP contribution in [-0.4, -0.2) is 52.6 Å². The van der Waals surface area contributed by atoms with Crippen molar-refractivity contribution >= 4 is 23.4 Å². The smallest absolute Gasteiger partial charge is 0.191 e. The molecule has 7 nitrogen and oxygen atoms in total. The molecule has 0 aromatic carbocycles. The summed E-state index contributed by atoms with van der Waals surface area (Å²) >= 11 is 1.51. The number of hydrogen-bond acceptors (Lipinski definition) is 7. The Hall–Kier alpha value is -1.80. The SMILES string of the molecule is COCCn1ccnc1[C@@H]1CCCN(c2cc(N)nc(SC)n2)C1. The average molecular weight is 348 g/mol. The van der Waals surface area contributed by atoms with E-state index in [-0.39, 0.29) is 0 Å². The number of nitrogen functional groups attached to an aromatic ring is 1. The average Bonchev–Trinajstić information content (AvgIpc) is 3.08. The summed E-state index contributed by atoms with van der Waals surface area (Å²) in [5.41, 5.74) is 5.93. The molecule has 1 saturated heterocycles. The second-order valence-corrected chi connectivity index (χ2v) is 6.67. The van der Waals surface area contributed by atoms with Crippen molar-refractivity contribution in [3.8, 4) is 0 Å².